The first-order valence-corrected chi connectivity index (χ1v) is 7.28. The van der Waals surface area contributed by atoms with Gasteiger partial charge in [-0.1, -0.05) is 24.6 Å². The Kier molecular flexibility index (Phi) is 3.94. The Morgan fingerprint density at radius 2 is 2.14 bits per heavy atom. The molecule has 0 bridgehead atoms. The number of hydrogen-bond donors (Lipinski definition) is 3. The van der Waals surface area contributed by atoms with Gasteiger partial charge in [0, 0.05) is 18.0 Å². The molecule has 2 unspecified atom stereocenters. The van der Waals surface area contributed by atoms with Crippen molar-refractivity contribution in [3.05, 3.63) is 35.6 Å². The summed E-state index contributed by atoms with van der Waals surface area (Å²) in [5, 5.41) is 22.7. The average molecular weight is 289 g/mol. The van der Waals surface area contributed by atoms with Gasteiger partial charge in [0.15, 0.2) is 0 Å². The molecule has 1 aromatic heterocycles. The first kappa shape index (κ1) is 14.1. The standard InChI is InChI=1S/C16H19NO4/c18-9-10-4-3-6-12(10)17-8-14-15(16(19)20)11-5-1-2-7-13(11)21-14/h1-2,5,7,10,12,17-18H,3-4,6,8-9H2,(H,19,20). The lowest BCUT2D eigenvalue weighted by Gasteiger charge is -2.18. The molecule has 1 aliphatic rings. The van der Waals surface area contributed by atoms with Gasteiger partial charge >= 0.3 is 5.97 Å². The molecule has 1 fully saturated rings. The van der Waals surface area contributed by atoms with E-state index < -0.39 is 5.97 Å². The van der Waals surface area contributed by atoms with Crippen LogP contribution in [-0.2, 0) is 6.54 Å². The molecule has 112 valence electrons. The van der Waals surface area contributed by atoms with Crippen LogP contribution in [0.25, 0.3) is 11.0 Å². The highest BCUT2D eigenvalue weighted by molar-refractivity contribution is 6.03. The molecule has 0 spiro atoms. The van der Waals surface area contributed by atoms with Gasteiger partial charge in [-0.2, -0.15) is 0 Å². The summed E-state index contributed by atoms with van der Waals surface area (Å²) in [6.45, 7) is 0.543. The highest BCUT2D eigenvalue weighted by Gasteiger charge is 2.27. The molecule has 1 aliphatic carbocycles. The van der Waals surface area contributed by atoms with Crippen molar-refractivity contribution in [3.63, 3.8) is 0 Å². The van der Waals surface area contributed by atoms with Crippen molar-refractivity contribution in [2.75, 3.05) is 6.61 Å². The highest BCUT2D eigenvalue weighted by atomic mass is 16.4. The average Bonchev–Trinajstić information content (AvgIpc) is 3.08. The quantitative estimate of drug-likeness (QED) is 0.787. The van der Waals surface area contributed by atoms with Crippen molar-refractivity contribution in [1.29, 1.82) is 0 Å². The zero-order valence-corrected chi connectivity index (χ0v) is 11.7. The molecule has 0 saturated heterocycles. The van der Waals surface area contributed by atoms with Crippen molar-refractivity contribution in [1.82, 2.24) is 5.32 Å². The third kappa shape index (κ3) is 2.66. The molecule has 5 nitrogen and oxygen atoms in total. The van der Waals surface area contributed by atoms with E-state index in [0.29, 0.717) is 23.3 Å². The van der Waals surface area contributed by atoms with Crippen LogP contribution in [0.5, 0.6) is 0 Å². The smallest absolute Gasteiger partial charge is 0.339 e. The number of carbonyl (C=O) groups is 1. The zero-order chi connectivity index (χ0) is 14.8. The molecular weight excluding hydrogens is 270 g/mol. The zero-order valence-electron chi connectivity index (χ0n) is 11.7. The maximum absolute atomic E-state index is 11.5. The van der Waals surface area contributed by atoms with Crippen LogP contribution in [0.3, 0.4) is 0 Å². The molecule has 1 saturated carbocycles. The molecule has 2 aromatic rings. The fourth-order valence-corrected chi connectivity index (χ4v) is 3.20. The van der Waals surface area contributed by atoms with E-state index in [4.69, 9.17) is 4.42 Å². The number of hydrogen-bond acceptors (Lipinski definition) is 4. The van der Waals surface area contributed by atoms with E-state index in [9.17, 15) is 15.0 Å². The molecule has 5 heteroatoms. The predicted molar refractivity (Wildman–Crippen MR) is 78.2 cm³/mol. The maximum Gasteiger partial charge on any atom is 0.339 e. The van der Waals surface area contributed by atoms with Gasteiger partial charge in [0.05, 0.1) is 6.54 Å². The second-order valence-corrected chi connectivity index (χ2v) is 5.56. The van der Waals surface area contributed by atoms with E-state index in [2.05, 4.69) is 5.32 Å². The van der Waals surface area contributed by atoms with Crippen LogP contribution in [0.2, 0.25) is 0 Å². The number of carboxylic acid groups (broad SMARTS) is 1. The van der Waals surface area contributed by atoms with Crippen LogP contribution in [0.15, 0.2) is 28.7 Å². The van der Waals surface area contributed by atoms with E-state index >= 15 is 0 Å². The van der Waals surface area contributed by atoms with Crippen LogP contribution in [0.1, 0.15) is 35.4 Å². The Morgan fingerprint density at radius 3 is 2.90 bits per heavy atom. The summed E-state index contributed by atoms with van der Waals surface area (Å²) >= 11 is 0. The fraction of sp³-hybridized carbons (Fsp3) is 0.438. The van der Waals surface area contributed by atoms with Crippen molar-refractivity contribution < 1.29 is 19.4 Å². The Balaban J connectivity index is 1.83. The number of benzene rings is 1. The molecule has 0 radical (unpaired) electrons. The van der Waals surface area contributed by atoms with Crippen LogP contribution in [0, 0.1) is 5.92 Å². The fourth-order valence-electron chi connectivity index (χ4n) is 3.20. The largest absolute Gasteiger partial charge is 0.478 e. The second kappa shape index (κ2) is 5.87. The van der Waals surface area contributed by atoms with Crippen molar-refractivity contribution >= 4 is 16.9 Å². The molecule has 1 aromatic carbocycles. The number of fused-ring (bicyclic) bond motifs is 1. The Morgan fingerprint density at radius 1 is 1.33 bits per heavy atom. The highest BCUT2D eigenvalue weighted by Crippen LogP contribution is 2.28. The van der Waals surface area contributed by atoms with E-state index in [1.165, 1.54) is 0 Å². The van der Waals surface area contributed by atoms with Crippen LogP contribution in [-0.4, -0.2) is 28.8 Å². The first-order chi connectivity index (χ1) is 10.2. The minimum Gasteiger partial charge on any atom is -0.478 e. The third-order valence-electron chi connectivity index (χ3n) is 4.30. The number of rotatable bonds is 5. The number of carboxylic acids is 1. The van der Waals surface area contributed by atoms with Gasteiger partial charge < -0.3 is 19.9 Å². The number of aromatic carboxylic acids is 1. The molecule has 1 heterocycles. The van der Waals surface area contributed by atoms with Crippen LogP contribution < -0.4 is 5.32 Å². The number of nitrogens with one attached hydrogen (secondary N) is 1. The summed E-state index contributed by atoms with van der Waals surface area (Å²) in [4.78, 5) is 11.5. The molecule has 0 aliphatic heterocycles. The SMILES string of the molecule is O=C(O)c1c(CNC2CCCC2CO)oc2ccccc12. The number of aliphatic hydroxyl groups is 1. The summed E-state index contributed by atoms with van der Waals surface area (Å²) in [5.74, 6) is -0.267. The van der Waals surface area contributed by atoms with Gasteiger partial charge in [0.25, 0.3) is 0 Å². The van der Waals surface area contributed by atoms with E-state index in [1.54, 1.807) is 18.2 Å². The molecule has 3 N–H and O–H groups in total. The lowest BCUT2D eigenvalue weighted by atomic mass is 10.0. The van der Waals surface area contributed by atoms with Gasteiger partial charge in [-0.3, -0.25) is 0 Å². The number of aliphatic hydroxyl groups excluding tert-OH is 1. The summed E-state index contributed by atoms with van der Waals surface area (Å²) in [7, 11) is 0. The molecule has 21 heavy (non-hydrogen) atoms. The summed E-state index contributed by atoms with van der Waals surface area (Å²) in [6.07, 6.45) is 3.11. The van der Waals surface area contributed by atoms with Crippen molar-refractivity contribution in [2.24, 2.45) is 5.92 Å². The van der Waals surface area contributed by atoms with E-state index in [-0.39, 0.29) is 24.1 Å². The van der Waals surface area contributed by atoms with Gasteiger partial charge in [-0.25, -0.2) is 4.79 Å². The summed E-state index contributed by atoms with van der Waals surface area (Å²) < 4.78 is 5.68. The Bertz CT molecular complexity index is 649. The summed E-state index contributed by atoms with van der Waals surface area (Å²) in [6, 6.07) is 7.40. The van der Waals surface area contributed by atoms with Gasteiger partial charge in [0.1, 0.15) is 16.9 Å². The van der Waals surface area contributed by atoms with E-state index in [0.717, 1.165) is 19.3 Å². The normalized spacial score (nSPS) is 22.0. The van der Waals surface area contributed by atoms with Crippen LogP contribution >= 0.6 is 0 Å². The molecular formula is C16H19NO4. The predicted octanol–water partition coefficient (Wildman–Crippen LogP) is 2.38. The second-order valence-electron chi connectivity index (χ2n) is 5.56. The van der Waals surface area contributed by atoms with Gasteiger partial charge in [0.2, 0.25) is 0 Å². The minimum atomic E-state index is -0.970. The van der Waals surface area contributed by atoms with E-state index in [1.807, 2.05) is 6.07 Å². The van der Waals surface area contributed by atoms with Crippen LogP contribution in [0.4, 0.5) is 0 Å². The van der Waals surface area contributed by atoms with Gasteiger partial charge in [-0.15, -0.1) is 0 Å². The topological polar surface area (TPSA) is 82.7 Å². The molecule has 2 atom stereocenters. The van der Waals surface area contributed by atoms with Gasteiger partial charge in [-0.05, 0) is 24.8 Å². The number of para-hydroxylation sites is 1. The maximum atomic E-state index is 11.5. The number of furan rings is 1. The summed E-state index contributed by atoms with van der Waals surface area (Å²) in [5.41, 5.74) is 0.827. The Labute approximate surface area is 122 Å². The lowest BCUT2D eigenvalue weighted by molar-refractivity contribution is 0.0695. The Hall–Kier alpha value is -1.85. The monoisotopic (exact) mass is 289 g/mol. The van der Waals surface area contributed by atoms with Crippen molar-refractivity contribution in [3.8, 4) is 0 Å². The molecule has 3 rings (SSSR count). The minimum absolute atomic E-state index is 0.170. The lowest BCUT2D eigenvalue weighted by Crippen LogP contribution is -2.33. The van der Waals surface area contributed by atoms with Crippen molar-refractivity contribution in [2.45, 2.75) is 31.8 Å². The molecule has 0 amide bonds. The first-order valence-electron chi connectivity index (χ1n) is 7.28. The third-order valence-corrected chi connectivity index (χ3v) is 4.30.